The molecule has 122 valence electrons. The van der Waals surface area contributed by atoms with Crippen LogP contribution < -0.4 is 16.0 Å². The van der Waals surface area contributed by atoms with Gasteiger partial charge >= 0.3 is 0 Å². The van der Waals surface area contributed by atoms with Crippen LogP contribution >= 0.6 is 0 Å². The molecule has 24 heavy (non-hydrogen) atoms. The highest BCUT2D eigenvalue weighted by molar-refractivity contribution is 5.78. The molecule has 0 saturated heterocycles. The maximum atomic E-state index is 6.29. The molecule has 3 N–H and O–H groups in total. The molecule has 0 radical (unpaired) electrons. The molecule has 1 aromatic heterocycles. The third-order valence-electron chi connectivity index (χ3n) is 3.77. The molecule has 0 atom stereocenters. The van der Waals surface area contributed by atoms with E-state index in [1.54, 1.807) is 0 Å². The van der Waals surface area contributed by atoms with Crippen LogP contribution in [-0.2, 0) is 6.54 Å². The van der Waals surface area contributed by atoms with Gasteiger partial charge in [-0.05, 0) is 30.2 Å². The Labute approximate surface area is 142 Å². The predicted octanol–water partition coefficient (Wildman–Crippen LogP) is 3.75. The van der Waals surface area contributed by atoms with Crippen LogP contribution in [0.25, 0.3) is 0 Å². The van der Waals surface area contributed by atoms with Crippen molar-refractivity contribution in [3.8, 4) is 0 Å². The summed E-state index contributed by atoms with van der Waals surface area (Å²) in [5.41, 5.74) is 10.2. The minimum atomic E-state index is 0.539. The maximum Gasteiger partial charge on any atom is 0.159 e. The molecule has 0 aliphatic carbocycles. The summed E-state index contributed by atoms with van der Waals surface area (Å²) in [7, 11) is 1.97. The van der Waals surface area contributed by atoms with Crippen molar-refractivity contribution in [1.82, 2.24) is 9.97 Å². The second-order valence-electron chi connectivity index (χ2n) is 5.80. The molecule has 1 heterocycles. The SMILES string of the molecule is Cc1cccc(Nc2ncnc(N(C)Cc3ccccc3)c2N)c1. The van der Waals surface area contributed by atoms with Crippen LogP contribution in [0.5, 0.6) is 0 Å². The quantitative estimate of drug-likeness (QED) is 0.750. The van der Waals surface area contributed by atoms with Gasteiger partial charge in [0.05, 0.1) is 0 Å². The van der Waals surface area contributed by atoms with E-state index in [1.807, 2.05) is 55.3 Å². The normalized spacial score (nSPS) is 10.4. The highest BCUT2D eigenvalue weighted by Gasteiger charge is 2.12. The van der Waals surface area contributed by atoms with Crippen molar-refractivity contribution in [1.29, 1.82) is 0 Å². The molecule has 0 aliphatic heterocycles. The maximum absolute atomic E-state index is 6.29. The molecule has 0 amide bonds. The largest absolute Gasteiger partial charge is 0.393 e. The third-order valence-corrected chi connectivity index (χ3v) is 3.77. The van der Waals surface area contributed by atoms with E-state index in [1.165, 1.54) is 17.5 Å². The van der Waals surface area contributed by atoms with Crippen LogP contribution in [0, 0.1) is 6.92 Å². The average molecular weight is 319 g/mol. The number of nitrogens with one attached hydrogen (secondary N) is 1. The van der Waals surface area contributed by atoms with Crippen LogP contribution in [-0.4, -0.2) is 17.0 Å². The Bertz CT molecular complexity index is 817. The molecule has 3 rings (SSSR count). The number of rotatable bonds is 5. The number of benzene rings is 2. The van der Waals surface area contributed by atoms with Crippen LogP contribution in [0.1, 0.15) is 11.1 Å². The van der Waals surface area contributed by atoms with Crippen molar-refractivity contribution in [2.45, 2.75) is 13.5 Å². The fourth-order valence-corrected chi connectivity index (χ4v) is 2.58. The van der Waals surface area contributed by atoms with Crippen molar-refractivity contribution >= 4 is 23.0 Å². The van der Waals surface area contributed by atoms with E-state index in [4.69, 9.17) is 5.73 Å². The Morgan fingerprint density at radius 3 is 2.58 bits per heavy atom. The molecular formula is C19H21N5. The number of hydrogen-bond donors (Lipinski definition) is 2. The standard InChI is InChI=1S/C19H21N5/c1-14-7-6-10-16(11-14)23-18-17(20)19(22-13-21-18)24(2)12-15-8-4-3-5-9-15/h3-11,13H,12,20H2,1-2H3,(H,21,22,23). The lowest BCUT2D eigenvalue weighted by Crippen LogP contribution is -2.20. The fourth-order valence-electron chi connectivity index (χ4n) is 2.58. The highest BCUT2D eigenvalue weighted by atomic mass is 15.2. The molecule has 2 aromatic carbocycles. The van der Waals surface area contributed by atoms with E-state index in [9.17, 15) is 0 Å². The van der Waals surface area contributed by atoms with E-state index in [-0.39, 0.29) is 0 Å². The zero-order valence-electron chi connectivity index (χ0n) is 13.9. The number of nitrogens with two attached hydrogens (primary N) is 1. The average Bonchev–Trinajstić information content (AvgIpc) is 2.58. The highest BCUT2D eigenvalue weighted by Crippen LogP contribution is 2.28. The Hall–Kier alpha value is -3.08. The lowest BCUT2D eigenvalue weighted by atomic mass is 10.2. The summed E-state index contributed by atoms with van der Waals surface area (Å²) in [6.07, 6.45) is 1.53. The molecular weight excluding hydrogens is 298 g/mol. The van der Waals surface area contributed by atoms with Crippen molar-refractivity contribution in [3.05, 3.63) is 72.1 Å². The van der Waals surface area contributed by atoms with E-state index < -0.39 is 0 Å². The van der Waals surface area contributed by atoms with Crippen LogP contribution in [0.2, 0.25) is 0 Å². The minimum Gasteiger partial charge on any atom is -0.393 e. The summed E-state index contributed by atoms with van der Waals surface area (Å²) in [4.78, 5) is 10.6. The van der Waals surface area contributed by atoms with Gasteiger partial charge < -0.3 is 16.0 Å². The zero-order valence-corrected chi connectivity index (χ0v) is 13.9. The van der Waals surface area contributed by atoms with Gasteiger partial charge in [-0.1, -0.05) is 42.5 Å². The fraction of sp³-hybridized carbons (Fsp3) is 0.158. The molecule has 0 unspecified atom stereocenters. The number of hydrogen-bond acceptors (Lipinski definition) is 5. The van der Waals surface area contributed by atoms with Crippen LogP contribution in [0.15, 0.2) is 60.9 Å². The van der Waals surface area contributed by atoms with Crippen molar-refractivity contribution in [3.63, 3.8) is 0 Å². The summed E-state index contributed by atoms with van der Waals surface area (Å²) >= 11 is 0. The second-order valence-corrected chi connectivity index (χ2v) is 5.80. The van der Waals surface area contributed by atoms with Crippen molar-refractivity contribution < 1.29 is 0 Å². The third kappa shape index (κ3) is 3.63. The number of anilines is 4. The summed E-state index contributed by atoms with van der Waals surface area (Å²) in [6, 6.07) is 18.3. The van der Waals surface area contributed by atoms with Crippen LogP contribution in [0.3, 0.4) is 0 Å². The first-order valence-electron chi connectivity index (χ1n) is 7.82. The predicted molar refractivity (Wildman–Crippen MR) is 99.5 cm³/mol. The van der Waals surface area contributed by atoms with Gasteiger partial charge in [-0.2, -0.15) is 0 Å². The van der Waals surface area contributed by atoms with Gasteiger partial charge in [0, 0.05) is 19.3 Å². The monoisotopic (exact) mass is 319 g/mol. The Kier molecular flexibility index (Phi) is 4.61. The number of nitrogens with zero attached hydrogens (tertiary/aromatic N) is 3. The van der Waals surface area contributed by atoms with Gasteiger partial charge in [-0.25, -0.2) is 9.97 Å². The second kappa shape index (κ2) is 7.00. The molecule has 0 fully saturated rings. The van der Waals surface area contributed by atoms with Gasteiger partial charge in [0.2, 0.25) is 0 Å². The molecule has 0 spiro atoms. The zero-order chi connectivity index (χ0) is 16.9. The van der Waals surface area contributed by atoms with Crippen molar-refractivity contribution in [2.75, 3.05) is 23.0 Å². The first kappa shape index (κ1) is 15.8. The molecule has 3 aromatic rings. The first-order valence-corrected chi connectivity index (χ1v) is 7.82. The Balaban J connectivity index is 1.82. The number of nitrogen functional groups attached to an aromatic ring is 1. The topological polar surface area (TPSA) is 67.1 Å². The lowest BCUT2D eigenvalue weighted by Gasteiger charge is -2.21. The summed E-state index contributed by atoms with van der Waals surface area (Å²) in [5, 5.41) is 3.27. The van der Waals surface area contributed by atoms with Crippen LogP contribution in [0.4, 0.5) is 23.0 Å². The van der Waals surface area contributed by atoms with E-state index in [0.717, 1.165) is 12.2 Å². The molecule has 0 bridgehead atoms. The Morgan fingerprint density at radius 1 is 1.04 bits per heavy atom. The molecule has 0 saturated carbocycles. The van der Waals surface area contributed by atoms with Crippen molar-refractivity contribution in [2.24, 2.45) is 0 Å². The number of aromatic nitrogens is 2. The first-order chi connectivity index (χ1) is 11.6. The smallest absolute Gasteiger partial charge is 0.159 e. The summed E-state index contributed by atoms with van der Waals surface area (Å²) in [5.74, 6) is 1.33. The minimum absolute atomic E-state index is 0.539. The summed E-state index contributed by atoms with van der Waals surface area (Å²) < 4.78 is 0. The molecule has 5 heteroatoms. The molecule has 0 aliphatic rings. The van der Waals surface area contributed by atoms with E-state index in [2.05, 4.69) is 33.5 Å². The molecule has 5 nitrogen and oxygen atoms in total. The number of aryl methyl sites for hydroxylation is 1. The van der Waals surface area contributed by atoms with Gasteiger partial charge in [0.1, 0.15) is 12.0 Å². The van der Waals surface area contributed by atoms with Gasteiger partial charge in [0.15, 0.2) is 11.6 Å². The Morgan fingerprint density at radius 2 is 1.83 bits per heavy atom. The van der Waals surface area contributed by atoms with E-state index in [0.29, 0.717) is 17.3 Å². The van der Waals surface area contributed by atoms with Gasteiger partial charge in [-0.15, -0.1) is 0 Å². The van der Waals surface area contributed by atoms with Gasteiger partial charge in [0.25, 0.3) is 0 Å². The lowest BCUT2D eigenvalue weighted by molar-refractivity contribution is 0.894. The summed E-state index contributed by atoms with van der Waals surface area (Å²) in [6.45, 7) is 2.78. The van der Waals surface area contributed by atoms with E-state index >= 15 is 0 Å². The van der Waals surface area contributed by atoms with Gasteiger partial charge in [-0.3, -0.25) is 0 Å².